The lowest BCUT2D eigenvalue weighted by atomic mass is 9.92. The van der Waals surface area contributed by atoms with Crippen molar-refractivity contribution in [3.8, 4) is 5.75 Å². The van der Waals surface area contributed by atoms with Crippen molar-refractivity contribution in [1.29, 1.82) is 0 Å². The van der Waals surface area contributed by atoms with Crippen LogP contribution in [0, 0.1) is 0 Å². The second kappa shape index (κ2) is 6.02. The first-order valence-electron chi connectivity index (χ1n) is 8.37. The molecule has 5 heteroatoms. The normalized spacial score (nSPS) is 24.9. The summed E-state index contributed by atoms with van der Waals surface area (Å²) >= 11 is 1.97. The molecule has 1 spiro atoms. The summed E-state index contributed by atoms with van der Waals surface area (Å²) in [5.41, 5.74) is 2.35. The van der Waals surface area contributed by atoms with Gasteiger partial charge in [-0.2, -0.15) is 0 Å². The van der Waals surface area contributed by atoms with Crippen LogP contribution in [0.4, 0.5) is 0 Å². The fourth-order valence-corrected chi connectivity index (χ4v) is 5.40. The maximum atomic E-state index is 12.5. The summed E-state index contributed by atoms with van der Waals surface area (Å²) < 4.78 is 11.4. The lowest BCUT2D eigenvalue weighted by Gasteiger charge is -2.47. The van der Waals surface area contributed by atoms with Crippen LogP contribution in [0.15, 0.2) is 18.2 Å². The number of ether oxygens (including phenoxy) is 2. The third-order valence-corrected chi connectivity index (χ3v) is 6.72. The van der Waals surface area contributed by atoms with Gasteiger partial charge in [0, 0.05) is 26.0 Å². The minimum atomic E-state index is 0.244. The molecule has 0 aromatic heterocycles. The number of hydrogen-bond acceptors (Lipinski definition) is 4. The molecule has 1 amide bonds. The lowest BCUT2D eigenvalue weighted by molar-refractivity contribution is -0.135. The first-order chi connectivity index (χ1) is 11.2. The van der Waals surface area contributed by atoms with Crippen LogP contribution in [0.25, 0.3) is 0 Å². The van der Waals surface area contributed by atoms with Gasteiger partial charge in [0.15, 0.2) is 0 Å². The van der Waals surface area contributed by atoms with Gasteiger partial charge in [0.1, 0.15) is 5.75 Å². The van der Waals surface area contributed by atoms with Crippen molar-refractivity contribution in [1.82, 2.24) is 4.90 Å². The van der Waals surface area contributed by atoms with Crippen molar-refractivity contribution in [2.24, 2.45) is 0 Å². The van der Waals surface area contributed by atoms with Gasteiger partial charge in [0.2, 0.25) is 5.91 Å². The minimum Gasteiger partial charge on any atom is -0.493 e. The summed E-state index contributed by atoms with van der Waals surface area (Å²) in [5, 5.41) is 0. The highest BCUT2D eigenvalue weighted by Gasteiger charge is 2.50. The van der Waals surface area contributed by atoms with Gasteiger partial charge < -0.3 is 14.4 Å². The Balaban J connectivity index is 1.35. The van der Waals surface area contributed by atoms with Crippen molar-refractivity contribution in [2.75, 3.05) is 32.6 Å². The summed E-state index contributed by atoms with van der Waals surface area (Å²) in [7, 11) is 1.78. The molecule has 23 heavy (non-hydrogen) atoms. The molecule has 1 atom stereocenters. The van der Waals surface area contributed by atoms with E-state index in [1.54, 1.807) is 7.11 Å². The van der Waals surface area contributed by atoms with Crippen molar-refractivity contribution < 1.29 is 14.3 Å². The van der Waals surface area contributed by atoms with Crippen molar-refractivity contribution in [3.63, 3.8) is 0 Å². The predicted molar refractivity (Wildman–Crippen MR) is 91.1 cm³/mol. The molecular weight excluding hydrogens is 310 g/mol. The van der Waals surface area contributed by atoms with Gasteiger partial charge in [-0.3, -0.25) is 4.79 Å². The molecule has 0 N–H and O–H groups in total. The van der Waals surface area contributed by atoms with Crippen LogP contribution in [0.3, 0.4) is 0 Å². The van der Waals surface area contributed by atoms with Gasteiger partial charge in [0.25, 0.3) is 0 Å². The van der Waals surface area contributed by atoms with E-state index in [2.05, 4.69) is 6.07 Å². The third kappa shape index (κ3) is 2.96. The Morgan fingerprint density at radius 1 is 1.48 bits per heavy atom. The van der Waals surface area contributed by atoms with Crippen molar-refractivity contribution >= 4 is 17.7 Å². The number of hydrogen-bond donors (Lipinski definition) is 0. The third-order valence-electron chi connectivity index (χ3n) is 5.15. The van der Waals surface area contributed by atoms with E-state index < -0.39 is 0 Å². The predicted octanol–water partition coefficient (Wildman–Crippen LogP) is 2.29. The molecule has 0 radical (unpaired) electrons. The molecule has 124 valence electrons. The standard InChI is InChI=1S/C18H23NO3S/c1-21-15-9-18(23-10-15)11-19(12-18)17(20)8-13-4-5-16-14(7-13)3-2-6-22-16/h4-5,7,15H,2-3,6,8-12H2,1H3/t15-/m1/s1. The van der Waals surface area contributed by atoms with Crippen LogP contribution < -0.4 is 4.74 Å². The molecule has 2 fully saturated rings. The second-order valence-electron chi connectivity index (χ2n) is 6.88. The molecule has 1 aromatic rings. The average Bonchev–Trinajstić information content (AvgIpc) is 2.98. The van der Waals surface area contributed by atoms with Crippen LogP contribution >= 0.6 is 11.8 Å². The van der Waals surface area contributed by atoms with E-state index in [0.717, 1.165) is 56.0 Å². The Bertz CT molecular complexity index is 612. The Morgan fingerprint density at radius 3 is 3.13 bits per heavy atom. The summed E-state index contributed by atoms with van der Waals surface area (Å²) in [6, 6.07) is 6.20. The zero-order chi connectivity index (χ0) is 15.9. The van der Waals surface area contributed by atoms with Crippen LogP contribution in [-0.2, 0) is 22.4 Å². The van der Waals surface area contributed by atoms with Gasteiger partial charge in [0.05, 0.1) is 23.9 Å². The average molecular weight is 333 g/mol. The first-order valence-corrected chi connectivity index (χ1v) is 9.35. The van der Waals surface area contributed by atoms with Gasteiger partial charge in [-0.05, 0) is 36.5 Å². The monoisotopic (exact) mass is 333 g/mol. The van der Waals surface area contributed by atoms with Gasteiger partial charge in [-0.15, -0.1) is 11.8 Å². The van der Waals surface area contributed by atoms with E-state index in [0.29, 0.717) is 12.5 Å². The summed E-state index contributed by atoms with van der Waals surface area (Å²) in [5.74, 6) is 2.29. The van der Waals surface area contributed by atoms with E-state index in [4.69, 9.17) is 9.47 Å². The number of amides is 1. The van der Waals surface area contributed by atoms with Gasteiger partial charge in [-0.1, -0.05) is 12.1 Å². The number of methoxy groups -OCH3 is 1. The summed E-state index contributed by atoms with van der Waals surface area (Å²) in [6.45, 7) is 2.57. The molecule has 0 unspecified atom stereocenters. The summed E-state index contributed by atoms with van der Waals surface area (Å²) in [4.78, 5) is 14.5. The molecule has 2 saturated heterocycles. The molecular formula is C18H23NO3S. The number of nitrogens with zero attached hydrogens (tertiary/aromatic N) is 1. The lowest BCUT2D eigenvalue weighted by Crippen LogP contribution is -2.61. The SMILES string of the molecule is CO[C@H]1CSC2(C1)CN(C(=O)Cc1ccc3c(c1)CCCO3)C2. The van der Waals surface area contributed by atoms with E-state index in [1.807, 2.05) is 28.8 Å². The van der Waals surface area contributed by atoms with Crippen molar-refractivity contribution in [3.05, 3.63) is 29.3 Å². The van der Waals surface area contributed by atoms with E-state index in [-0.39, 0.29) is 10.7 Å². The Kier molecular flexibility index (Phi) is 4.01. The molecule has 4 nitrogen and oxygen atoms in total. The fourth-order valence-electron chi connectivity index (χ4n) is 3.81. The van der Waals surface area contributed by atoms with Crippen LogP contribution in [0.1, 0.15) is 24.0 Å². The molecule has 0 bridgehead atoms. The van der Waals surface area contributed by atoms with Gasteiger partial charge >= 0.3 is 0 Å². The first kappa shape index (κ1) is 15.3. The number of fused-ring (bicyclic) bond motifs is 1. The Hall–Kier alpha value is -1.20. The number of rotatable bonds is 3. The molecule has 3 heterocycles. The largest absolute Gasteiger partial charge is 0.493 e. The minimum absolute atomic E-state index is 0.244. The maximum absolute atomic E-state index is 12.5. The van der Waals surface area contributed by atoms with E-state index in [1.165, 1.54) is 5.56 Å². The van der Waals surface area contributed by atoms with E-state index in [9.17, 15) is 4.79 Å². The molecule has 4 rings (SSSR count). The highest BCUT2D eigenvalue weighted by molar-refractivity contribution is 8.01. The quantitative estimate of drug-likeness (QED) is 0.851. The highest BCUT2D eigenvalue weighted by atomic mass is 32.2. The van der Waals surface area contributed by atoms with Gasteiger partial charge in [-0.25, -0.2) is 0 Å². The number of carbonyl (C=O) groups is 1. The van der Waals surface area contributed by atoms with Crippen LogP contribution in [0.2, 0.25) is 0 Å². The number of benzene rings is 1. The Morgan fingerprint density at radius 2 is 2.35 bits per heavy atom. The topological polar surface area (TPSA) is 38.8 Å². The number of likely N-dealkylation sites (tertiary alicyclic amines) is 1. The van der Waals surface area contributed by atoms with Crippen LogP contribution in [0.5, 0.6) is 5.75 Å². The molecule has 0 saturated carbocycles. The van der Waals surface area contributed by atoms with E-state index >= 15 is 0 Å². The maximum Gasteiger partial charge on any atom is 0.227 e. The zero-order valence-electron chi connectivity index (χ0n) is 13.5. The molecule has 1 aromatic carbocycles. The Labute approximate surface area is 141 Å². The van der Waals surface area contributed by atoms with Crippen LogP contribution in [-0.4, -0.2) is 54.2 Å². The highest BCUT2D eigenvalue weighted by Crippen LogP contribution is 2.46. The number of thioether (sulfide) groups is 1. The second-order valence-corrected chi connectivity index (χ2v) is 8.36. The molecule has 0 aliphatic carbocycles. The number of aryl methyl sites for hydroxylation is 1. The molecule has 3 aliphatic rings. The fraction of sp³-hybridized carbons (Fsp3) is 0.611. The summed E-state index contributed by atoms with van der Waals surface area (Å²) in [6.07, 6.45) is 4.06. The zero-order valence-corrected chi connectivity index (χ0v) is 14.4. The van der Waals surface area contributed by atoms with Crippen molar-refractivity contribution in [2.45, 2.75) is 36.5 Å². The molecule has 3 aliphatic heterocycles. The smallest absolute Gasteiger partial charge is 0.227 e. The number of carbonyl (C=O) groups excluding carboxylic acids is 1.